The standard InChI is InChI=1S/C55H72N10O13/c1-35(2)49(52(74)64-29-14-19-43(64)53(75)76)62-51(73)42(32-47(69)70)60-50(72)41(59-46(68)31-37-20-22-38(23-21-37)58-54(77)61-40-17-7-6-15-36(40)3)18-8-11-27-57-45(67)25-24-44(66)56-26-10-4-5-13-30-65-33-39-16-9-12-28-63(39)55(65)78-48(71)34-65/h6-7,9,12,15-17,20-23,28,35,41-43,49,55H,4-5,8,10-11,13-14,18-19,24-27,29-34H2,1-3H3,(H7-2,56,57,58,59,60,61,62,66,67,68,69,70,72,73,75,76,77)/p+2/t41-,42-,43-,49-,55+,65?/m0/s1. The first-order valence-electron chi connectivity index (χ1n) is 26.8. The third kappa shape index (κ3) is 17.0. The largest absolute Gasteiger partial charge is 0.481 e. The van der Waals surface area contributed by atoms with E-state index < -0.39 is 78.1 Å². The van der Waals surface area contributed by atoms with Gasteiger partial charge in [0, 0.05) is 56.0 Å². The number of fused-ring (bicyclic) bond motifs is 3. The second kappa shape index (κ2) is 28.4. The molecule has 2 aromatic carbocycles. The highest BCUT2D eigenvalue weighted by Gasteiger charge is 2.60. The first kappa shape index (κ1) is 59.3. The number of pyridine rings is 1. The van der Waals surface area contributed by atoms with Crippen LogP contribution in [0.25, 0.3) is 0 Å². The Hall–Kier alpha value is -7.95. The van der Waals surface area contributed by atoms with Crippen LogP contribution in [0, 0.1) is 12.8 Å². The minimum absolute atomic E-state index is 0.00327. The van der Waals surface area contributed by atoms with E-state index in [1.165, 1.54) is 4.90 Å². The Labute approximate surface area is 453 Å². The van der Waals surface area contributed by atoms with Crippen LogP contribution in [0.4, 0.5) is 16.2 Å². The van der Waals surface area contributed by atoms with Crippen molar-refractivity contribution in [2.75, 3.05) is 43.4 Å². The molecule has 3 aromatic rings. The maximum absolute atomic E-state index is 14.0. The third-order valence-electron chi connectivity index (χ3n) is 14.2. The molecule has 6 rings (SSSR count). The number of para-hydroxylation sites is 1. The fourth-order valence-corrected chi connectivity index (χ4v) is 10.0. The molecule has 1 unspecified atom stereocenters. The van der Waals surface area contributed by atoms with Gasteiger partial charge in [-0.25, -0.2) is 18.9 Å². The van der Waals surface area contributed by atoms with Crippen LogP contribution < -0.4 is 41.8 Å². The number of benzene rings is 2. The van der Waals surface area contributed by atoms with Gasteiger partial charge >= 0.3 is 30.3 Å². The predicted molar refractivity (Wildman–Crippen MR) is 282 cm³/mol. The number of aromatic nitrogens is 1. The summed E-state index contributed by atoms with van der Waals surface area (Å²) in [6.45, 7) is 7.80. The Kier molecular flexibility index (Phi) is 21.6. The number of carbonyl (C=O) groups is 10. The number of nitrogens with zero attached hydrogens (tertiary/aromatic N) is 3. The summed E-state index contributed by atoms with van der Waals surface area (Å²) in [5.74, 6) is -7.13. The zero-order chi connectivity index (χ0) is 56.4. The summed E-state index contributed by atoms with van der Waals surface area (Å²) < 4.78 is 8.28. The van der Waals surface area contributed by atoms with Crippen LogP contribution >= 0.6 is 0 Å². The summed E-state index contributed by atoms with van der Waals surface area (Å²) in [5.41, 5.74) is 3.62. The Bertz CT molecular complexity index is 2670. The number of unbranched alkanes of at least 4 members (excludes halogenated alkanes) is 4. The molecule has 0 spiro atoms. The van der Waals surface area contributed by atoms with E-state index in [9.17, 15) is 58.2 Å². The molecule has 78 heavy (non-hydrogen) atoms. The van der Waals surface area contributed by atoms with Crippen molar-refractivity contribution in [2.24, 2.45) is 5.92 Å². The number of likely N-dealkylation sites (tertiary alicyclic amines) is 1. The molecule has 3 aliphatic heterocycles. The van der Waals surface area contributed by atoms with Crippen LogP contribution in [-0.2, 0) is 60.9 Å². The molecule has 4 heterocycles. The molecule has 23 heteroatoms. The van der Waals surface area contributed by atoms with Gasteiger partial charge < -0.3 is 57.1 Å². The quantitative estimate of drug-likeness (QED) is 0.0209. The average molecular weight is 1080 g/mol. The number of amides is 8. The molecule has 1 aromatic heterocycles. The molecule has 3 aliphatic rings. The van der Waals surface area contributed by atoms with Gasteiger partial charge in [0.2, 0.25) is 41.1 Å². The topological polar surface area (TPSA) is 312 Å². The van der Waals surface area contributed by atoms with Gasteiger partial charge in [-0.3, -0.25) is 33.6 Å². The average Bonchev–Trinajstić information content (AvgIpc) is 4.23. The SMILES string of the molecule is Cc1ccccc1NC(=O)Nc1ccc(CC(=O)N[C@@H](CCCCNC(=O)CCC(=O)NCCCCCC[N+]23CC(=O)O[C@@H]2[n+]2ccccc2C3)C(=O)N[C@@H](CC(=O)O)C(=O)N[C@H](C(=O)N2CCC[C@H]2C(=O)O)C(C)C)cc1. The zero-order valence-corrected chi connectivity index (χ0v) is 44.6. The third-order valence-corrected chi connectivity index (χ3v) is 14.2. The number of quaternary nitrogens is 1. The van der Waals surface area contributed by atoms with Crippen LogP contribution in [0.15, 0.2) is 72.9 Å². The predicted octanol–water partition coefficient (Wildman–Crippen LogP) is 2.92. The van der Waals surface area contributed by atoms with Crippen molar-refractivity contribution in [3.8, 4) is 0 Å². The van der Waals surface area contributed by atoms with Crippen molar-refractivity contribution in [3.63, 3.8) is 0 Å². The van der Waals surface area contributed by atoms with Crippen molar-refractivity contribution < 1.29 is 71.9 Å². The van der Waals surface area contributed by atoms with Gasteiger partial charge in [-0.2, -0.15) is 0 Å². The van der Waals surface area contributed by atoms with Crippen LogP contribution in [0.3, 0.4) is 0 Å². The van der Waals surface area contributed by atoms with E-state index in [0.717, 1.165) is 50.0 Å². The Morgan fingerprint density at radius 3 is 2.09 bits per heavy atom. The van der Waals surface area contributed by atoms with Gasteiger partial charge in [0.25, 0.3) is 0 Å². The van der Waals surface area contributed by atoms with E-state index in [1.807, 2.05) is 42.0 Å². The lowest BCUT2D eigenvalue weighted by Crippen LogP contribution is -2.59. The number of hydrogen-bond donors (Lipinski definition) is 9. The molecule has 23 nitrogen and oxygen atoms in total. The smallest absolute Gasteiger partial charge is 0.448 e. The highest BCUT2D eigenvalue weighted by atomic mass is 16.6. The zero-order valence-electron chi connectivity index (χ0n) is 44.6. The number of ether oxygens (including phenoxy) is 1. The summed E-state index contributed by atoms with van der Waals surface area (Å²) >= 11 is 0. The van der Waals surface area contributed by atoms with Crippen molar-refractivity contribution >= 4 is 70.8 Å². The number of aryl methyl sites for hydroxylation is 1. The van der Waals surface area contributed by atoms with E-state index in [2.05, 4.69) is 43.3 Å². The number of carboxylic acids is 2. The molecule has 8 amide bonds. The molecule has 0 radical (unpaired) electrons. The number of urea groups is 1. The lowest BCUT2D eigenvalue weighted by molar-refractivity contribution is -1.06. The second-order valence-electron chi connectivity index (χ2n) is 20.6. The Morgan fingerprint density at radius 1 is 0.744 bits per heavy atom. The van der Waals surface area contributed by atoms with Gasteiger partial charge in [-0.15, -0.1) is 4.57 Å². The van der Waals surface area contributed by atoms with Gasteiger partial charge in [-0.1, -0.05) is 50.6 Å². The van der Waals surface area contributed by atoms with Crippen molar-refractivity contribution in [1.29, 1.82) is 0 Å². The molecule has 2 fully saturated rings. The Balaban J connectivity index is 0.965. The summed E-state index contributed by atoms with van der Waals surface area (Å²) in [4.78, 5) is 130. The van der Waals surface area contributed by atoms with Crippen LogP contribution in [0.1, 0.15) is 114 Å². The van der Waals surface area contributed by atoms with Crippen LogP contribution in [-0.4, -0.2) is 136 Å². The number of carbonyl (C=O) groups excluding carboxylic acids is 8. The highest BCUT2D eigenvalue weighted by molar-refractivity contribution is 6.00. The number of esters is 1. The number of anilines is 2. The van der Waals surface area contributed by atoms with E-state index in [4.69, 9.17) is 4.74 Å². The number of carboxylic acid groups (broad SMARTS) is 2. The number of nitrogens with one attached hydrogen (secondary N) is 7. The summed E-state index contributed by atoms with van der Waals surface area (Å²) in [6, 6.07) is 13.9. The van der Waals surface area contributed by atoms with Crippen molar-refractivity contribution in [1.82, 2.24) is 31.5 Å². The minimum atomic E-state index is -1.70. The van der Waals surface area contributed by atoms with Crippen LogP contribution in [0.5, 0.6) is 0 Å². The molecule has 420 valence electrons. The highest BCUT2D eigenvalue weighted by Crippen LogP contribution is 2.35. The first-order chi connectivity index (χ1) is 37.3. The molecule has 0 aliphatic carbocycles. The molecular weight excluding hydrogens is 1010 g/mol. The number of aliphatic carboxylic acids is 2. The summed E-state index contributed by atoms with van der Waals surface area (Å²) in [7, 11) is 0. The molecule has 9 N–H and O–H groups in total. The first-order valence-corrected chi connectivity index (χ1v) is 26.8. The maximum atomic E-state index is 14.0. The van der Waals surface area contributed by atoms with E-state index in [-0.39, 0.29) is 75.7 Å². The monoisotopic (exact) mass is 1080 g/mol. The van der Waals surface area contributed by atoms with Gasteiger partial charge in [0.1, 0.15) is 24.2 Å². The molecular formula is C55H74N10O13+2. The molecule has 6 atom stereocenters. The summed E-state index contributed by atoms with van der Waals surface area (Å²) in [6.07, 6.45) is 5.20. The minimum Gasteiger partial charge on any atom is -0.481 e. The fraction of sp³-hybridized carbons (Fsp3) is 0.509. The lowest BCUT2D eigenvalue weighted by Gasteiger charge is -2.30. The van der Waals surface area contributed by atoms with Crippen molar-refractivity contribution in [2.45, 2.75) is 141 Å². The van der Waals surface area contributed by atoms with Gasteiger partial charge in [-0.05, 0) is 99.6 Å². The number of hydrogen-bond acceptors (Lipinski definition) is 11. The summed E-state index contributed by atoms with van der Waals surface area (Å²) in [5, 5.41) is 38.3. The maximum Gasteiger partial charge on any atom is 0.448 e. The Morgan fingerprint density at radius 2 is 1.41 bits per heavy atom. The van der Waals surface area contributed by atoms with Crippen LogP contribution in [0.2, 0.25) is 0 Å². The second-order valence-corrected chi connectivity index (χ2v) is 20.6. The normalized spacial score (nSPS) is 18.3. The van der Waals surface area contributed by atoms with Gasteiger partial charge in [0.15, 0.2) is 19.3 Å². The lowest BCUT2D eigenvalue weighted by atomic mass is 10.0. The number of rotatable bonds is 29. The molecule has 0 bridgehead atoms. The fourth-order valence-electron chi connectivity index (χ4n) is 10.0. The molecule has 2 saturated heterocycles. The van der Waals surface area contributed by atoms with E-state index in [1.54, 1.807) is 50.2 Å². The van der Waals surface area contributed by atoms with E-state index in [0.29, 0.717) is 47.4 Å². The van der Waals surface area contributed by atoms with Gasteiger partial charge in [0.05, 0.1) is 19.4 Å². The van der Waals surface area contributed by atoms with Crippen molar-refractivity contribution in [3.05, 3.63) is 89.7 Å². The molecule has 0 saturated carbocycles. The van der Waals surface area contributed by atoms with E-state index >= 15 is 0 Å².